The predicted octanol–water partition coefficient (Wildman–Crippen LogP) is 2.30. The van der Waals surface area contributed by atoms with Gasteiger partial charge >= 0.3 is 5.97 Å². The number of sulfone groups is 1. The van der Waals surface area contributed by atoms with Crippen LogP contribution in [0.4, 0.5) is 0 Å². The zero-order valence-corrected chi connectivity index (χ0v) is 11.8. The lowest BCUT2D eigenvalue weighted by Crippen LogP contribution is -2.09. The minimum absolute atomic E-state index is 0.185. The van der Waals surface area contributed by atoms with E-state index in [1.807, 2.05) is 0 Å². The van der Waals surface area contributed by atoms with Crippen molar-refractivity contribution in [3.05, 3.63) is 29.8 Å². The van der Waals surface area contributed by atoms with Crippen molar-refractivity contribution in [3.8, 4) is 0 Å². The van der Waals surface area contributed by atoms with Crippen molar-refractivity contribution in [1.82, 2.24) is 0 Å². The van der Waals surface area contributed by atoms with Gasteiger partial charge in [0.15, 0.2) is 0 Å². The molecule has 1 aromatic rings. The normalized spacial score (nSPS) is 11.4. The maximum atomic E-state index is 11.3. The topological polar surface area (TPSA) is 71.4 Å². The van der Waals surface area contributed by atoms with Gasteiger partial charge in [-0.15, -0.1) is 11.8 Å². The molecule has 0 saturated carbocycles. The molecule has 0 amide bonds. The van der Waals surface area contributed by atoms with Crippen LogP contribution in [0.1, 0.15) is 23.7 Å². The van der Waals surface area contributed by atoms with Gasteiger partial charge in [0, 0.05) is 10.6 Å². The summed E-state index contributed by atoms with van der Waals surface area (Å²) in [6, 6.07) is 6.58. The van der Waals surface area contributed by atoms with Crippen molar-refractivity contribution in [1.29, 1.82) is 0 Å². The fourth-order valence-electron chi connectivity index (χ4n) is 1.31. The second kappa shape index (κ2) is 6.80. The van der Waals surface area contributed by atoms with E-state index in [2.05, 4.69) is 0 Å². The Morgan fingerprint density at radius 3 is 2.39 bits per heavy atom. The van der Waals surface area contributed by atoms with Crippen molar-refractivity contribution in [2.75, 3.05) is 17.3 Å². The molecule has 0 fully saturated rings. The van der Waals surface area contributed by atoms with E-state index in [0.717, 1.165) is 4.90 Å². The Bertz CT molecular complexity index is 491. The number of benzene rings is 1. The number of rotatable bonds is 7. The number of hydrogen-bond acceptors (Lipinski definition) is 4. The lowest BCUT2D eigenvalue weighted by Gasteiger charge is -2.03. The molecule has 100 valence electrons. The van der Waals surface area contributed by atoms with Crippen molar-refractivity contribution in [2.24, 2.45) is 0 Å². The highest BCUT2D eigenvalue weighted by molar-refractivity contribution is 7.99. The summed E-state index contributed by atoms with van der Waals surface area (Å²) < 4.78 is 22.5. The van der Waals surface area contributed by atoms with Crippen molar-refractivity contribution < 1.29 is 18.3 Å². The van der Waals surface area contributed by atoms with Crippen LogP contribution in [0.15, 0.2) is 29.2 Å². The maximum absolute atomic E-state index is 11.3. The van der Waals surface area contributed by atoms with Gasteiger partial charge in [-0.3, -0.25) is 0 Å². The quantitative estimate of drug-likeness (QED) is 0.615. The molecule has 4 nitrogen and oxygen atoms in total. The van der Waals surface area contributed by atoms with Gasteiger partial charge in [-0.05, 0) is 36.4 Å². The monoisotopic (exact) mass is 288 g/mol. The van der Waals surface area contributed by atoms with E-state index in [9.17, 15) is 13.2 Å². The third kappa shape index (κ3) is 5.10. The molecular formula is C12H16O4S2. The number of aromatic carboxylic acids is 1. The lowest BCUT2D eigenvalue weighted by molar-refractivity contribution is 0.0697. The first-order chi connectivity index (χ1) is 8.44. The maximum Gasteiger partial charge on any atom is 0.335 e. The van der Waals surface area contributed by atoms with Crippen LogP contribution in [-0.4, -0.2) is 36.8 Å². The van der Waals surface area contributed by atoms with Gasteiger partial charge in [0.05, 0.1) is 11.3 Å². The molecule has 1 N–H and O–H groups in total. The average molecular weight is 288 g/mol. The molecule has 0 atom stereocenters. The highest BCUT2D eigenvalue weighted by Gasteiger charge is 2.07. The highest BCUT2D eigenvalue weighted by Crippen LogP contribution is 2.19. The minimum Gasteiger partial charge on any atom is -0.478 e. The SMILES string of the molecule is CCS(=O)(=O)CCCSc1ccc(C(=O)O)cc1. The molecule has 6 heteroatoms. The molecular weight excluding hydrogens is 272 g/mol. The fraction of sp³-hybridized carbons (Fsp3) is 0.417. The molecule has 0 spiro atoms. The van der Waals surface area contributed by atoms with Crippen LogP contribution < -0.4 is 0 Å². The first kappa shape index (κ1) is 15.0. The van der Waals surface area contributed by atoms with Crippen LogP contribution in [0.3, 0.4) is 0 Å². The van der Waals surface area contributed by atoms with Crippen LogP contribution in [0.25, 0.3) is 0 Å². The highest BCUT2D eigenvalue weighted by atomic mass is 32.2. The largest absolute Gasteiger partial charge is 0.478 e. The van der Waals surface area contributed by atoms with Crippen molar-refractivity contribution >= 4 is 27.6 Å². The van der Waals surface area contributed by atoms with E-state index in [0.29, 0.717) is 12.2 Å². The minimum atomic E-state index is -2.88. The van der Waals surface area contributed by atoms with E-state index < -0.39 is 15.8 Å². The number of thioether (sulfide) groups is 1. The Hall–Kier alpha value is -1.01. The van der Waals surface area contributed by atoms with E-state index in [1.165, 1.54) is 11.8 Å². The van der Waals surface area contributed by atoms with Gasteiger partial charge < -0.3 is 5.11 Å². The van der Waals surface area contributed by atoms with E-state index in [4.69, 9.17) is 5.11 Å². The number of hydrogen-bond donors (Lipinski definition) is 1. The summed E-state index contributed by atoms with van der Waals surface area (Å²) in [6.45, 7) is 1.65. The summed E-state index contributed by atoms with van der Waals surface area (Å²) in [5, 5.41) is 8.73. The van der Waals surface area contributed by atoms with Gasteiger partial charge in [-0.2, -0.15) is 0 Å². The average Bonchev–Trinajstić information content (AvgIpc) is 2.35. The third-order valence-corrected chi connectivity index (χ3v) is 5.30. The molecule has 0 aliphatic carbocycles. The fourth-order valence-corrected chi connectivity index (χ4v) is 3.22. The molecule has 0 aromatic heterocycles. The van der Waals surface area contributed by atoms with Gasteiger partial charge in [-0.1, -0.05) is 6.92 Å². The lowest BCUT2D eigenvalue weighted by atomic mass is 10.2. The summed E-state index contributed by atoms with van der Waals surface area (Å²) in [5.41, 5.74) is 0.257. The number of carboxylic acid groups (broad SMARTS) is 1. The summed E-state index contributed by atoms with van der Waals surface area (Å²) in [5.74, 6) is 0.168. The number of carboxylic acids is 1. The zero-order chi connectivity index (χ0) is 13.6. The van der Waals surface area contributed by atoms with Gasteiger partial charge in [0.25, 0.3) is 0 Å². The first-order valence-electron chi connectivity index (χ1n) is 5.61. The summed E-state index contributed by atoms with van der Waals surface area (Å²) >= 11 is 1.53. The first-order valence-corrected chi connectivity index (χ1v) is 8.42. The Morgan fingerprint density at radius 1 is 1.28 bits per heavy atom. The van der Waals surface area contributed by atoms with Gasteiger partial charge in [-0.25, -0.2) is 13.2 Å². The smallest absolute Gasteiger partial charge is 0.335 e. The third-order valence-electron chi connectivity index (χ3n) is 2.41. The van der Waals surface area contributed by atoms with Crippen LogP contribution in [0, 0.1) is 0 Å². The van der Waals surface area contributed by atoms with Crippen LogP contribution in [-0.2, 0) is 9.84 Å². The Kier molecular flexibility index (Phi) is 5.68. The van der Waals surface area contributed by atoms with Crippen molar-refractivity contribution in [3.63, 3.8) is 0 Å². The molecule has 0 heterocycles. The van der Waals surface area contributed by atoms with Gasteiger partial charge in [0.2, 0.25) is 0 Å². The number of carbonyl (C=O) groups is 1. The summed E-state index contributed by atoms with van der Waals surface area (Å²) in [7, 11) is -2.88. The molecule has 1 aromatic carbocycles. The molecule has 0 unspecified atom stereocenters. The second-order valence-corrected chi connectivity index (χ2v) is 7.41. The Morgan fingerprint density at radius 2 is 1.89 bits per heavy atom. The van der Waals surface area contributed by atoms with Crippen LogP contribution in [0.5, 0.6) is 0 Å². The molecule has 1 rings (SSSR count). The van der Waals surface area contributed by atoms with Crippen molar-refractivity contribution in [2.45, 2.75) is 18.2 Å². The van der Waals surface area contributed by atoms with Crippen LogP contribution >= 0.6 is 11.8 Å². The molecule has 0 aliphatic rings. The standard InChI is InChI=1S/C12H16O4S2/c1-2-18(15,16)9-3-8-17-11-6-4-10(5-7-11)12(13)14/h4-7H,2-3,8-9H2,1H3,(H,13,14). The summed E-state index contributed by atoms with van der Waals surface area (Å²) in [6.07, 6.45) is 0.613. The molecule has 0 radical (unpaired) electrons. The predicted molar refractivity (Wildman–Crippen MR) is 73.1 cm³/mol. The van der Waals surface area contributed by atoms with Gasteiger partial charge in [0.1, 0.15) is 9.84 Å². The second-order valence-electron chi connectivity index (χ2n) is 3.77. The van der Waals surface area contributed by atoms with E-state index in [1.54, 1.807) is 31.2 Å². The zero-order valence-electron chi connectivity index (χ0n) is 10.1. The van der Waals surface area contributed by atoms with Crippen LogP contribution in [0.2, 0.25) is 0 Å². The van der Waals surface area contributed by atoms with E-state index in [-0.39, 0.29) is 17.1 Å². The van der Waals surface area contributed by atoms with E-state index >= 15 is 0 Å². The molecule has 0 bridgehead atoms. The molecule has 0 aliphatic heterocycles. The Labute approximate surface area is 111 Å². The molecule has 0 saturated heterocycles. The Balaban J connectivity index is 2.38. The molecule has 18 heavy (non-hydrogen) atoms. The summed E-state index contributed by atoms with van der Waals surface area (Å²) in [4.78, 5) is 11.6.